The minimum atomic E-state index is -0.989. The van der Waals surface area contributed by atoms with Crippen LogP contribution in [0.25, 0.3) is 28.4 Å². The van der Waals surface area contributed by atoms with Gasteiger partial charge in [-0.3, -0.25) is 23.4 Å². The second-order valence-electron chi connectivity index (χ2n) is 15.1. The van der Waals surface area contributed by atoms with Crippen molar-refractivity contribution in [2.45, 2.75) is 108 Å². The van der Waals surface area contributed by atoms with Crippen molar-refractivity contribution in [3.8, 4) is 11.1 Å². The van der Waals surface area contributed by atoms with Gasteiger partial charge in [0.1, 0.15) is 24.4 Å². The topological polar surface area (TPSA) is 171 Å². The zero-order valence-electron chi connectivity index (χ0n) is 34.1. The minimum absolute atomic E-state index is 0.177. The number of amides is 2. The first kappa shape index (κ1) is 43.6. The number of carbonyl (C=O) groups excluding carboxylic acids is 4. The Hall–Kier alpha value is -5.51. The summed E-state index contributed by atoms with van der Waals surface area (Å²) in [5.74, 6) is -0.213. The standard InChI is InChI=1S/C40H50FN9O5.C2H7N/c1-4-11-34-38(46(3)40(55)49(34)31(26-52)13-10-19-51)27(2)12-8-6-5-7-9-14-37(53)47-17-15-30(16-18-47)48-25-29(23-43-48)28-20-36-42-24-35(50(36)44-22-28)39(54)45-33-21-32(33)41;1-3-2/h4,11,19-20,22-26,30-33H,2,5-10,12-18,21H2,1,3H3,(H,45,54);3H,1-2H3/b11-4-;/t31?,32-,33+;/m0./s1. The first-order valence-corrected chi connectivity index (χ1v) is 20.3. The molecule has 2 N–H and O–H groups in total. The lowest BCUT2D eigenvalue weighted by Crippen LogP contribution is -2.39. The van der Waals surface area contributed by atoms with Crippen LogP contribution in [-0.4, -0.2) is 102 Å². The number of aromatic nitrogens is 7. The number of likely N-dealkylation sites (tertiary alicyclic amines) is 1. The highest BCUT2D eigenvalue weighted by Gasteiger charge is 2.39. The molecule has 2 aliphatic rings. The van der Waals surface area contributed by atoms with E-state index in [1.165, 1.54) is 19.8 Å². The summed E-state index contributed by atoms with van der Waals surface area (Å²) in [6.07, 6.45) is 19.3. The van der Waals surface area contributed by atoms with Crippen molar-refractivity contribution in [1.29, 1.82) is 0 Å². The van der Waals surface area contributed by atoms with E-state index in [2.05, 4.69) is 32.4 Å². The van der Waals surface area contributed by atoms with Gasteiger partial charge in [0.15, 0.2) is 5.65 Å². The predicted molar refractivity (Wildman–Crippen MR) is 221 cm³/mol. The highest BCUT2D eigenvalue weighted by Crippen LogP contribution is 2.29. The van der Waals surface area contributed by atoms with Gasteiger partial charge in [0.2, 0.25) is 5.91 Å². The molecule has 5 heterocycles. The molecular weight excluding hydrogens is 744 g/mol. The molecule has 2 amide bonds. The van der Waals surface area contributed by atoms with Crippen LogP contribution in [-0.2, 0) is 21.4 Å². The predicted octanol–water partition coefficient (Wildman–Crippen LogP) is 5.13. The minimum Gasteiger partial charge on any atom is -0.345 e. The molecule has 15 nitrogen and oxygen atoms in total. The van der Waals surface area contributed by atoms with Gasteiger partial charge in [-0.1, -0.05) is 31.9 Å². The molecule has 0 radical (unpaired) electrons. The SMILES string of the molecule is C=C(CCCCCCCC(=O)N1CCC(n2cc(-c3cnn4c(C(=O)N[C@@H]5C[C@@H]5F)cnc4c3)cn2)CC1)c1c(/C=C\C)n(C(C=O)CCC=O)c(=O)n1C.CNC. The van der Waals surface area contributed by atoms with Gasteiger partial charge >= 0.3 is 5.69 Å². The Morgan fingerprint density at radius 1 is 1.02 bits per heavy atom. The second-order valence-corrected chi connectivity index (χ2v) is 15.1. The van der Waals surface area contributed by atoms with Crippen molar-refractivity contribution in [2.24, 2.45) is 7.05 Å². The average molecular weight is 801 g/mol. The third-order valence-corrected chi connectivity index (χ3v) is 10.7. The van der Waals surface area contributed by atoms with Crippen molar-refractivity contribution in [3.05, 3.63) is 71.1 Å². The van der Waals surface area contributed by atoms with Gasteiger partial charge in [0.25, 0.3) is 5.91 Å². The van der Waals surface area contributed by atoms with E-state index in [0.29, 0.717) is 49.4 Å². The first-order valence-electron chi connectivity index (χ1n) is 20.3. The van der Waals surface area contributed by atoms with Crippen molar-refractivity contribution in [3.63, 3.8) is 0 Å². The maximum Gasteiger partial charge on any atom is 0.329 e. The molecule has 2 fully saturated rings. The number of aldehydes is 2. The van der Waals surface area contributed by atoms with E-state index < -0.39 is 24.2 Å². The van der Waals surface area contributed by atoms with E-state index in [9.17, 15) is 28.4 Å². The third-order valence-electron chi connectivity index (χ3n) is 10.7. The smallest absolute Gasteiger partial charge is 0.329 e. The van der Waals surface area contributed by atoms with Crippen LogP contribution < -0.4 is 16.3 Å². The van der Waals surface area contributed by atoms with E-state index in [-0.39, 0.29) is 36.2 Å². The summed E-state index contributed by atoms with van der Waals surface area (Å²) >= 11 is 0. The number of imidazole rings is 2. The maximum absolute atomic E-state index is 13.2. The fourth-order valence-electron chi connectivity index (χ4n) is 7.43. The van der Waals surface area contributed by atoms with Gasteiger partial charge in [-0.15, -0.1) is 0 Å². The highest BCUT2D eigenvalue weighted by atomic mass is 19.1. The molecule has 1 aliphatic heterocycles. The van der Waals surface area contributed by atoms with Crippen molar-refractivity contribution < 1.29 is 23.6 Å². The Balaban J connectivity index is 0.00000207. The Labute approximate surface area is 338 Å². The lowest BCUT2D eigenvalue weighted by atomic mass is 10.0. The molecule has 1 saturated carbocycles. The van der Waals surface area contributed by atoms with Gasteiger partial charge in [-0.25, -0.2) is 18.7 Å². The maximum atomic E-state index is 13.2. The molecule has 0 spiro atoms. The van der Waals surface area contributed by atoms with E-state index >= 15 is 0 Å². The zero-order chi connectivity index (χ0) is 41.8. The number of nitrogens with one attached hydrogen (secondary N) is 2. The fourth-order valence-corrected chi connectivity index (χ4v) is 7.43. The molecule has 4 aromatic rings. The summed E-state index contributed by atoms with van der Waals surface area (Å²) in [5.41, 5.74) is 4.33. The summed E-state index contributed by atoms with van der Waals surface area (Å²) in [6.45, 7) is 7.49. The Morgan fingerprint density at radius 3 is 2.34 bits per heavy atom. The summed E-state index contributed by atoms with van der Waals surface area (Å²) in [4.78, 5) is 67.7. The van der Waals surface area contributed by atoms with Gasteiger partial charge < -0.3 is 25.1 Å². The number of nitrogens with zero attached hydrogens (tertiary/aromatic N) is 8. The molecule has 4 aromatic heterocycles. The zero-order valence-corrected chi connectivity index (χ0v) is 34.1. The number of allylic oxidation sites excluding steroid dienone is 2. The Kier molecular flexibility index (Phi) is 15.6. The van der Waals surface area contributed by atoms with Gasteiger partial charge in [0.05, 0.1) is 48.1 Å². The number of piperidine rings is 1. The lowest BCUT2D eigenvalue weighted by Gasteiger charge is -2.32. The normalized spacial score (nSPS) is 17.2. The van der Waals surface area contributed by atoms with E-state index in [4.69, 9.17) is 0 Å². The van der Waals surface area contributed by atoms with Crippen LogP contribution in [0.2, 0.25) is 0 Å². The Morgan fingerprint density at radius 2 is 1.69 bits per heavy atom. The van der Waals surface area contributed by atoms with Crippen LogP contribution in [0.5, 0.6) is 0 Å². The molecule has 16 heteroatoms. The Bertz CT molecular complexity index is 2140. The summed E-state index contributed by atoms with van der Waals surface area (Å²) in [5, 5.41) is 14.4. The summed E-state index contributed by atoms with van der Waals surface area (Å²) in [6, 6.07) is 0.864. The monoisotopic (exact) mass is 800 g/mol. The molecule has 6 rings (SSSR count). The van der Waals surface area contributed by atoms with Crippen LogP contribution in [0.15, 0.2) is 48.3 Å². The number of carbonyl (C=O) groups is 4. The molecule has 0 aromatic carbocycles. The number of hydrogen-bond acceptors (Lipinski definition) is 9. The number of hydrogen-bond donors (Lipinski definition) is 2. The molecule has 1 saturated heterocycles. The van der Waals surface area contributed by atoms with Gasteiger partial charge in [-0.2, -0.15) is 10.2 Å². The van der Waals surface area contributed by atoms with Crippen LogP contribution in [0.4, 0.5) is 4.39 Å². The van der Waals surface area contributed by atoms with Crippen molar-refractivity contribution in [1.82, 2.24) is 49.0 Å². The second kappa shape index (κ2) is 20.8. The number of halogens is 1. The van der Waals surface area contributed by atoms with Crippen LogP contribution in [0, 0.1) is 0 Å². The van der Waals surface area contributed by atoms with Crippen LogP contribution in [0.3, 0.4) is 0 Å². The number of unbranched alkanes of at least 4 members (excludes halogenated alkanes) is 4. The van der Waals surface area contributed by atoms with Gasteiger partial charge in [0, 0.05) is 56.7 Å². The lowest BCUT2D eigenvalue weighted by molar-refractivity contribution is -0.132. The number of rotatable bonds is 19. The van der Waals surface area contributed by atoms with E-state index in [1.807, 2.05) is 55.0 Å². The van der Waals surface area contributed by atoms with Gasteiger partial charge in [-0.05, 0) is 77.3 Å². The van der Waals surface area contributed by atoms with Crippen LogP contribution in [0.1, 0.15) is 118 Å². The molecule has 1 aliphatic carbocycles. The highest BCUT2D eigenvalue weighted by molar-refractivity contribution is 5.93. The molecule has 3 atom stereocenters. The number of fused-ring (bicyclic) bond motifs is 1. The fraction of sp³-hybridized carbons (Fsp3) is 0.524. The molecule has 312 valence electrons. The van der Waals surface area contributed by atoms with E-state index in [0.717, 1.165) is 74.2 Å². The molecule has 0 bridgehead atoms. The summed E-state index contributed by atoms with van der Waals surface area (Å²) in [7, 11) is 5.44. The largest absolute Gasteiger partial charge is 0.345 e. The van der Waals surface area contributed by atoms with Crippen LogP contribution >= 0.6 is 0 Å². The van der Waals surface area contributed by atoms with Crippen molar-refractivity contribution in [2.75, 3.05) is 27.2 Å². The number of alkyl halides is 1. The summed E-state index contributed by atoms with van der Waals surface area (Å²) < 4.78 is 19.7. The van der Waals surface area contributed by atoms with E-state index in [1.54, 1.807) is 19.4 Å². The third kappa shape index (κ3) is 10.5. The average Bonchev–Trinajstić information content (AvgIpc) is 3.54. The molecule has 58 heavy (non-hydrogen) atoms. The molecule has 1 unspecified atom stereocenters. The van der Waals surface area contributed by atoms with Crippen molar-refractivity contribution >= 4 is 41.7 Å². The molecular formula is C42H57FN10O5. The quantitative estimate of drug-likeness (QED) is 0.0965. The first-order chi connectivity index (χ1) is 28.1.